The second kappa shape index (κ2) is 5.79. The summed E-state index contributed by atoms with van der Waals surface area (Å²) in [5.74, 6) is -0.0658. The minimum absolute atomic E-state index is 0.0560. The summed E-state index contributed by atoms with van der Waals surface area (Å²) >= 11 is 6.24. The average molecular weight is 297 g/mol. The molecule has 1 aliphatic rings. The molecule has 1 aromatic rings. The van der Waals surface area contributed by atoms with E-state index in [1.165, 1.54) is 6.08 Å². The molecule has 1 aliphatic carbocycles. The van der Waals surface area contributed by atoms with Gasteiger partial charge in [-0.15, -0.1) is 0 Å². The van der Waals surface area contributed by atoms with Gasteiger partial charge in [-0.2, -0.15) is 5.10 Å². The number of nitrogens with zero attached hydrogens (tertiary/aromatic N) is 2. The fourth-order valence-corrected chi connectivity index (χ4v) is 2.79. The minimum atomic E-state index is -0.335. The van der Waals surface area contributed by atoms with E-state index in [1.54, 1.807) is 18.7 Å². The van der Waals surface area contributed by atoms with E-state index in [1.807, 2.05) is 6.92 Å². The lowest BCUT2D eigenvalue weighted by Crippen LogP contribution is -2.16. The summed E-state index contributed by atoms with van der Waals surface area (Å²) in [5.41, 5.74) is 1.67. The number of hydrogen-bond acceptors (Lipinski definition) is 4. The first-order valence-electron chi connectivity index (χ1n) is 6.55. The van der Waals surface area contributed by atoms with Crippen LogP contribution in [-0.4, -0.2) is 21.5 Å². The maximum Gasteiger partial charge on any atom is 0.310 e. The quantitative estimate of drug-likeness (QED) is 0.805. The molecule has 1 aromatic heterocycles. The van der Waals surface area contributed by atoms with E-state index in [-0.39, 0.29) is 24.1 Å². The summed E-state index contributed by atoms with van der Waals surface area (Å²) in [6.07, 6.45) is 2.54. The van der Waals surface area contributed by atoms with Crippen molar-refractivity contribution in [2.45, 2.75) is 39.0 Å². The lowest BCUT2D eigenvalue weighted by atomic mass is 9.86. The summed E-state index contributed by atoms with van der Waals surface area (Å²) in [7, 11) is 1.76. The van der Waals surface area contributed by atoms with Crippen molar-refractivity contribution in [3.8, 4) is 0 Å². The highest BCUT2D eigenvalue weighted by molar-refractivity contribution is 6.30. The van der Waals surface area contributed by atoms with Gasteiger partial charge in [0.15, 0.2) is 5.78 Å². The van der Waals surface area contributed by atoms with Crippen LogP contribution in [0.4, 0.5) is 0 Å². The van der Waals surface area contributed by atoms with Crippen molar-refractivity contribution < 1.29 is 14.3 Å². The van der Waals surface area contributed by atoms with Crippen LogP contribution in [0.25, 0.3) is 0 Å². The molecule has 20 heavy (non-hydrogen) atoms. The molecule has 2 rings (SSSR count). The summed E-state index contributed by atoms with van der Waals surface area (Å²) in [6, 6.07) is 0. The molecule has 0 fully saturated rings. The first-order chi connectivity index (χ1) is 9.42. The van der Waals surface area contributed by atoms with E-state index in [0.717, 1.165) is 11.3 Å². The Morgan fingerprint density at radius 3 is 2.80 bits per heavy atom. The van der Waals surface area contributed by atoms with Gasteiger partial charge < -0.3 is 4.74 Å². The van der Waals surface area contributed by atoms with E-state index in [9.17, 15) is 9.59 Å². The summed E-state index contributed by atoms with van der Waals surface area (Å²) in [5, 5.41) is 4.79. The van der Waals surface area contributed by atoms with Crippen LogP contribution in [0.5, 0.6) is 0 Å². The van der Waals surface area contributed by atoms with Gasteiger partial charge in [-0.25, -0.2) is 0 Å². The Balaban J connectivity index is 2.25. The third-order valence-electron chi connectivity index (χ3n) is 3.36. The van der Waals surface area contributed by atoms with Gasteiger partial charge in [-0.3, -0.25) is 14.3 Å². The van der Waals surface area contributed by atoms with E-state index >= 15 is 0 Å². The molecule has 1 unspecified atom stereocenters. The smallest absolute Gasteiger partial charge is 0.310 e. The molecule has 0 saturated carbocycles. The fourth-order valence-electron chi connectivity index (χ4n) is 2.46. The highest BCUT2D eigenvalue weighted by Gasteiger charge is 2.29. The molecule has 0 spiro atoms. The first-order valence-corrected chi connectivity index (χ1v) is 6.93. The van der Waals surface area contributed by atoms with Crippen molar-refractivity contribution in [1.82, 2.24) is 9.78 Å². The number of rotatable bonds is 3. The Morgan fingerprint density at radius 1 is 1.55 bits per heavy atom. The first kappa shape index (κ1) is 14.8. The van der Waals surface area contributed by atoms with Crippen LogP contribution in [0.15, 0.2) is 11.8 Å². The van der Waals surface area contributed by atoms with Crippen molar-refractivity contribution in [1.29, 1.82) is 0 Å². The van der Waals surface area contributed by atoms with Crippen LogP contribution in [0.2, 0.25) is 5.15 Å². The lowest BCUT2D eigenvalue weighted by molar-refractivity contribution is -0.139. The molecule has 0 saturated heterocycles. The Hall–Kier alpha value is -1.62. The average Bonchev–Trinajstić information content (AvgIpc) is 2.62. The van der Waals surface area contributed by atoms with Gasteiger partial charge in [0, 0.05) is 43.9 Å². The van der Waals surface area contributed by atoms with Gasteiger partial charge in [0.25, 0.3) is 0 Å². The van der Waals surface area contributed by atoms with Gasteiger partial charge in [0.05, 0.1) is 5.69 Å². The normalized spacial score (nSPS) is 18.9. The number of allylic oxidation sites excluding steroid dienone is 2. The number of esters is 1. The third kappa shape index (κ3) is 2.93. The SMILES string of the molecule is CCC(=O)OC1=CC(=O)CC(c2c(C)nn(C)c2Cl)C1. The lowest BCUT2D eigenvalue weighted by Gasteiger charge is -2.21. The number of ketones is 1. The maximum atomic E-state index is 11.8. The van der Waals surface area contributed by atoms with Gasteiger partial charge in [0.1, 0.15) is 10.9 Å². The number of ether oxygens (including phenoxy) is 1. The zero-order chi connectivity index (χ0) is 14.9. The van der Waals surface area contributed by atoms with Crippen LogP contribution in [0, 0.1) is 6.92 Å². The molecular formula is C14H17ClN2O3. The molecule has 0 radical (unpaired) electrons. The van der Waals surface area contributed by atoms with E-state index in [0.29, 0.717) is 23.8 Å². The molecule has 0 bridgehead atoms. The number of halogens is 1. The molecule has 5 nitrogen and oxygen atoms in total. The summed E-state index contributed by atoms with van der Waals surface area (Å²) in [4.78, 5) is 23.2. The summed E-state index contributed by atoms with van der Waals surface area (Å²) in [6.45, 7) is 3.58. The van der Waals surface area contributed by atoms with Crippen molar-refractivity contribution in [2.75, 3.05) is 0 Å². The number of hydrogen-bond donors (Lipinski definition) is 0. The Bertz CT molecular complexity index is 589. The number of aryl methyl sites for hydroxylation is 2. The largest absolute Gasteiger partial charge is 0.431 e. The monoisotopic (exact) mass is 296 g/mol. The molecule has 0 aliphatic heterocycles. The number of carbonyl (C=O) groups is 2. The summed E-state index contributed by atoms with van der Waals surface area (Å²) < 4.78 is 6.77. The Kier molecular flexibility index (Phi) is 4.28. The van der Waals surface area contributed by atoms with Gasteiger partial charge >= 0.3 is 5.97 Å². The topological polar surface area (TPSA) is 61.2 Å². The molecule has 0 N–H and O–H groups in total. The van der Waals surface area contributed by atoms with E-state index in [2.05, 4.69) is 5.10 Å². The minimum Gasteiger partial charge on any atom is -0.431 e. The second-order valence-corrected chi connectivity index (χ2v) is 5.28. The van der Waals surface area contributed by atoms with E-state index < -0.39 is 0 Å². The number of aromatic nitrogens is 2. The van der Waals surface area contributed by atoms with Gasteiger partial charge in [-0.05, 0) is 6.92 Å². The predicted molar refractivity (Wildman–Crippen MR) is 74.4 cm³/mol. The molecule has 6 heteroatoms. The van der Waals surface area contributed by atoms with Crippen LogP contribution in [0.1, 0.15) is 43.4 Å². The standard InChI is InChI=1S/C14H17ClN2O3/c1-4-12(19)20-11-6-9(5-10(18)7-11)13-8(2)16-17(3)14(13)15/h7,9H,4-6H2,1-3H3. The van der Waals surface area contributed by atoms with Crippen molar-refractivity contribution >= 4 is 23.4 Å². The number of carbonyl (C=O) groups excluding carboxylic acids is 2. The van der Waals surface area contributed by atoms with Crippen LogP contribution in [0.3, 0.4) is 0 Å². The van der Waals surface area contributed by atoms with Gasteiger partial charge in [-0.1, -0.05) is 18.5 Å². The third-order valence-corrected chi connectivity index (χ3v) is 3.80. The molecule has 1 atom stereocenters. The second-order valence-electron chi connectivity index (χ2n) is 4.92. The van der Waals surface area contributed by atoms with Crippen LogP contribution < -0.4 is 0 Å². The molecule has 1 heterocycles. The van der Waals surface area contributed by atoms with Crippen molar-refractivity contribution in [3.05, 3.63) is 28.2 Å². The molecule has 108 valence electrons. The van der Waals surface area contributed by atoms with Crippen LogP contribution >= 0.6 is 11.6 Å². The maximum absolute atomic E-state index is 11.8. The predicted octanol–water partition coefficient (Wildman–Crippen LogP) is 2.67. The molecule has 0 amide bonds. The molecule has 0 aromatic carbocycles. The fraction of sp³-hybridized carbons (Fsp3) is 0.500. The highest BCUT2D eigenvalue weighted by atomic mass is 35.5. The van der Waals surface area contributed by atoms with E-state index in [4.69, 9.17) is 16.3 Å². The zero-order valence-electron chi connectivity index (χ0n) is 11.8. The molecular weight excluding hydrogens is 280 g/mol. The Morgan fingerprint density at radius 2 is 2.25 bits per heavy atom. The Labute approximate surface area is 122 Å². The van der Waals surface area contributed by atoms with Crippen LogP contribution in [-0.2, 0) is 21.4 Å². The highest BCUT2D eigenvalue weighted by Crippen LogP contribution is 2.37. The van der Waals surface area contributed by atoms with Gasteiger partial charge in [0.2, 0.25) is 0 Å². The van der Waals surface area contributed by atoms with Crippen molar-refractivity contribution in [3.63, 3.8) is 0 Å². The van der Waals surface area contributed by atoms with Crippen molar-refractivity contribution in [2.24, 2.45) is 7.05 Å². The zero-order valence-corrected chi connectivity index (χ0v) is 12.5.